The third-order valence-electron chi connectivity index (χ3n) is 3.57. The third kappa shape index (κ3) is 3.34. The largest absolute Gasteiger partial charge is 0.378 e. The number of H-pyrrole nitrogens is 1. The van der Waals surface area contributed by atoms with Crippen LogP contribution in [0.2, 0.25) is 0 Å². The summed E-state index contributed by atoms with van der Waals surface area (Å²) in [6, 6.07) is 5.54. The van der Waals surface area contributed by atoms with Gasteiger partial charge in [0.05, 0.1) is 24.9 Å². The van der Waals surface area contributed by atoms with Crippen molar-refractivity contribution in [1.82, 2.24) is 19.9 Å². The Kier molecular flexibility index (Phi) is 4.08. The number of nitrogens with one attached hydrogen (secondary N) is 1. The number of morpholine rings is 1. The van der Waals surface area contributed by atoms with E-state index in [0.717, 1.165) is 24.3 Å². The molecule has 3 heterocycles. The molecule has 3 rings (SSSR count). The Hall–Kier alpha value is -2.05. The molecule has 1 N–H and O–H groups in total. The molecule has 2 aromatic rings. The number of aryl methyl sites for hydroxylation is 1. The van der Waals surface area contributed by atoms with Gasteiger partial charge in [0.25, 0.3) is 5.56 Å². The first kappa shape index (κ1) is 13.9. The van der Waals surface area contributed by atoms with Crippen molar-refractivity contribution in [3.05, 3.63) is 58.0 Å². The maximum Gasteiger partial charge on any atom is 0.251 e. The van der Waals surface area contributed by atoms with E-state index in [-0.39, 0.29) is 11.6 Å². The Morgan fingerprint density at radius 3 is 3.19 bits per heavy atom. The van der Waals surface area contributed by atoms with Gasteiger partial charge in [0.1, 0.15) is 5.82 Å². The van der Waals surface area contributed by atoms with Crippen molar-refractivity contribution in [3.8, 4) is 0 Å². The van der Waals surface area contributed by atoms with Crippen LogP contribution in [-0.2, 0) is 11.3 Å². The highest BCUT2D eigenvalue weighted by Gasteiger charge is 2.26. The van der Waals surface area contributed by atoms with Crippen molar-refractivity contribution < 1.29 is 4.74 Å². The molecule has 0 aromatic carbocycles. The molecule has 1 aliphatic rings. The van der Waals surface area contributed by atoms with Crippen LogP contribution in [0.4, 0.5) is 0 Å². The van der Waals surface area contributed by atoms with Gasteiger partial charge in [-0.25, -0.2) is 4.98 Å². The van der Waals surface area contributed by atoms with E-state index in [9.17, 15) is 4.79 Å². The van der Waals surface area contributed by atoms with E-state index in [1.165, 1.54) is 0 Å². The van der Waals surface area contributed by atoms with Crippen LogP contribution in [0.5, 0.6) is 0 Å². The van der Waals surface area contributed by atoms with Gasteiger partial charge in [-0.1, -0.05) is 6.07 Å². The number of hydrogen-bond donors (Lipinski definition) is 1. The molecule has 1 fully saturated rings. The van der Waals surface area contributed by atoms with E-state index in [4.69, 9.17) is 4.74 Å². The van der Waals surface area contributed by atoms with Gasteiger partial charge in [0.15, 0.2) is 0 Å². The highest BCUT2D eigenvalue weighted by Crippen LogP contribution is 2.23. The lowest BCUT2D eigenvalue weighted by Gasteiger charge is -2.35. The molecule has 0 radical (unpaired) electrons. The van der Waals surface area contributed by atoms with Crippen LogP contribution in [-0.4, -0.2) is 39.6 Å². The van der Waals surface area contributed by atoms with Crippen molar-refractivity contribution in [1.29, 1.82) is 0 Å². The quantitative estimate of drug-likeness (QED) is 0.913. The molecular formula is C15H18N4O2. The second kappa shape index (κ2) is 6.15. The normalized spacial score (nSPS) is 19.6. The van der Waals surface area contributed by atoms with Gasteiger partial charge >= 0.3 is 0 Å². The van der Waals surface area contributed by atoms with Gasteiger partial charge < -0.3 is 9.72 Å². The minimum Gasteiger partial charge on any atom is -0.378 e. The van der Waals surface area contributed by atoms with Gasteiger partial charge in [-0.15, -0.1) is 0 Å². The molecule has 1 aliphatic heterocycles. The smallest absolute Gasteiger partial charge is 0.251 e. The maximum atomic E-state index is 11.7. The summed E-state index contributed by atoms with van der Waals surface area (Å²) in [5, 5.41) is 0. The van der Waals surface area contributed by atoms with E-state index in [1.807, 2.05) is 12.3 Å². The van der Waals surface area contributed by atoms with Gasteiger partial charge in [0, 0.05) is 31.5 Å². The monoisotopic (exact) mass is 286 g/mol. The molecule has 0 aliphatic carbocycles. The summed E-state index contributed by atoms with van der Waals surface area (Å²) >= 11 is 0. The van der Waals surface area contributed by atoms with Crippen LogP contribution >= 0.6 is 0 Å². The second-order valence-corrected chi connectivity index (χ2v) is 5.18. The van der Waals surface area contributed by atoms with Crippen LogP contribution in [0.15, 0.2) is 35.4 Å². The lowest BCUT2D eigenvalue weighted by molar-refractivity contribution is -0.0144. The average Bonchev–Trinajstić information content (AvgIpc) is 2.48. The van der Waals surface area contributed by atoms with Crippen molar-refractivity contribution in [2.45, 2.75) is 19.5 Å². The SMILES string of the molecule is Cc1nc([C@@H]2COCCN2Cc2cccnc2)cc(=O)[nH]1. The molecule has 0 spiro atoms. The van der Waals surface area contributed by atoms with Crippen molar-refractivity contribution >= 4 is 0 Å². The van der Waals surface area contributed by atoms with Crippen molar-refractivity contribution in [2.24, 2.45) is 0 Å². The molecule has 0 unspecified atom stereocenters. The number of pyridine rings is 1. The average molecular weight is 286 g/mol. The van der Waals surface area contributed by atoms with E-state index < -0.39 is 0 Å². The molecule has 110 valence electrons. The molecule has 1 saturated heterocycles. The Morgan fingerprint density at radius 2 is 2.43 bits per heavy atom. The first-order valence-corrected chi connectivity index (χ1v) is 7.01. The standard InChI is InChI=1S/C15H18N4O2/c1-11-17-13(7-15(20)18-11)14-10-21-6-5-19(14)9-12-3-2-4-16-8-12/h2-4,7-8,14H,5-6,9-10H2,1H3,(H,17,18,20)/t14-/m0/s1. The Bertz CT molecular complexity index is 656. The predicted octanol–water partition coefficient (Wildman–Crippen LogP) is 1.05. The summed E-state index contributed by atoms with van der Waals surface area (Å²) in [5.74, 6) is 0.629. The van der Waals surface area contributed by atoms with E-state index in [0.29, 0.717) is 19.0 Å². The van der Waals surface area contributed by atoms with E-state index >= 15 is 0 Å². The minimum absolute atomic E-state index is 0.0000406. The van der Waals surface area contributed by atoms with Gasteiger partial charge in [0.2, 0.25) is 0 Å². The fraction of sp³-hybridized carbons (Fsp3) is 0.400. The Balaban J connectivity index is 1.85. The summed E-state index contributed by atoms with van der Waals surface area (Å²) in [5.41, 5.74) is 1.79. The van der Waals surface area contributed by atoms with Crippen LogP contribution in [0, 0.1) is 6.92 Å². The number of rotatable bonds is 3. The van der Waals surface area contributed by atoms with Gasteiger partial charge in [-0.05, 0) is 18.6 Å². The Labute approximate surface area is 122 Å². The predicted molar refractivity (Wildman–Crippen MR) is 77.8 cm³/mol. The van der Waals surface area contributed by atoms with Crippen LogP contribution < -0.4 is 5.56 Å². The Morgan fingerprint density at radius 1 is 1.52 bits per heavy atom. The highest BCUT2D eigenvalue weighted by molar-refractivity contribution is 5.12. The number of aromatic nitrogens is 3. The summed E-state index contributed by atoms with van der Waals surface area (Å²) < 4.78 is 5.57. The molecule has 0 bridgehead atoms. The summed E-state index contributed by atoms with van der Waals surface area (Å²) in [6.07, 6.45) is 3.63. The molecule has 6 nitrogen and oxygen atoms in total. The molecule has 2 aromatic heterocycles. The number of ether oxygens (including phenoxy) is 1. The lowest BCUT2D eigenvalue weighted by Crippen LogP contribution is -2.40. The van der Waals surface area contributed by atoms with Crippen LogP contribution in [0.25, 0.3) is 0 Å². The molecule has 0 amide bonds. The number of hydrogen-bond acceptors (Lipinski definition) is 5. The van der Waals surface area contributed by atoms with Crippen LogP contribution in [0.3, 0.4) is 0 Å². The first-order chi connectivity index (χ1) is 10.2. The number of nitrogens with zero attached hydrogens (tertiary/aromatic N) is 3. The maximum absolute atomic E-state index is 11.7. The minimum atomic E-state index is -0.121. The summed E-state index contributed by atoms with van der Waals surface area (Å²) in [4.78, 5) is 25.2. The summed E-state index contributed by atoms with van der Waals surface area (Å²) in [6.45, 7) is 4.62. The van der Waals surface area contributed by atoms with Crippen LogP contribution in [0.1, 0.15) is 23.1 Å². The zero-order valence-electron chi connectivity index (χ0n) is 12.0. The highest BCUT2D eigenvalue weighted by atomic mass is 16.5. The molecule has 6 heteroatoms. The zero-order chi connectivity index (χ0) is 14.7. The van der Waals surface area contributed by atoms with Gasteiger partial charge in [-0.3, -0.25) is 14.7 Å². The molecule has 21 heavy (non-hydrogen) atoms. The van der Waals surface area contributed by atoms with Gasteiger partial charge in [-0.2, -0.15) is 0 Å². The number of aromatic amines is 1. The fourth-order valence-electron chi connectivity index (χ4n) is 2.60. The lowest BCUT2D eigenvalue weighted by atomic mass is 10.1. The topological polar surface area (TPSA) is 71.1 Å². The van der Waals surface area contributed by atoms with Crippen molar-refractivity contribution in [3.63, 3.8) is 0 Å². The molecule has 0 saturated carbocycles. The first-order valence-electron chi connectivity index (χ1n) is 7.01. The summed E-state index contributed by atoms with van der Waals surface area (Å²) in [7, 11) is 0. The van der Waals surface area contributed by atoms with E-state index in [1.54, 1.807) is 19.2 Å². The van der Waals surface area contributed by atoms with Crippen molar-refractivity contribution in [2.75, 3.05) is 19.8 Å². The fourth-order valence-corrected chi connectivity index (χ4v) is 2.60. The molecule has 1 atom stereocenters. The zero-order valence-corrected chi connectivity index (χ0v) is 12.0. The third-order valence-corrected chi connectivity index (χ3v) is 3.57. The van der Waals surface area contributed by atoms with E-state index in [2.05, 4.69) is 25.9 Å². The second-order valence-electron chi connectivity index (χ2n) is 5.18. The molecular weight excluding hydrogens is 268 g/mol.